The van der Waals surface area contributed by atoms with Gasteiger partial charge in [-0.25, -0.2) is 0 Å². The number of tetrazole rings is 1. The van der Waals surface area contributed by atoms with E-state index in [1.807, 2.05) is 37.3 Å². The lowest BCUT2D eigenvalue weighted by Crippen LogP contribution is -2.09. The van der Waals surface area contributed by atoms with Crippen molar-refractivity contribution in [2.24, 2.45) is 12.8 Å². The average Bonchev–Trinajstić information content (AvgIpc) is 2.90. The molecule has 0 aliphatic heterocycles. The molecule has 6 heteroatoms. The SMILES string of the molecule is CC(N)c1ccc2ccccc2c1OCc1nnn(C)n1. The fourth-order valence-electron chi connectivity index (χ4n) is 2.30. The van der Waals surface area contributed by atoms with Crippen LogP contribution in [0.2, 0.25) is 0 Å². The molecular formula is C15H17N5O. The second-order valence-corrected chi connectivity index (χ2v) is 4.98. The number of hydrogen-bond acceptors (Lipinski definition) is 5. The molecule has 0 bridgehead atoms. The Kier molecular flexibility index (Phi) is 3.53. The van der Waals surface area contributed by atoms with Crippen molar-refractivity contribution in [1.82, 2.24) is 20.2 Å². The number of aryl methyl sites for hydroxylation is 1. The largest absolute Gasteiger partial charge is 0.484 e. The highest BCUT2D eigenvalue weighted by Crippen LogP contribution is 2.33. The lowest BCUT2D eigenvalue weighted by Gasteiger charge is -2.15. The number of aromatic nitrogens is 4. The first-order chi connectivity index (χ1) is 10.1. The van der Waals surface area contributed by atoms with Crippen LogP contribution in [-0.4, -0.2) is 20.2 Å². The number of benzene rings is 2. The lowest BCUT2D eigenvalue weighted by molar-refractivity contribution is 0.294. The molecule has 21 heavy (non-hydrogen) atoms. The van der Waals surface area contributed by atoms with Crippen molar-refractivity contribution in [1.29, 1.82) is 0 Å². The van der Waals surface area contributed by atoms with Gasteiger partial charge in [-0.3, -0.25) is 0 Å². The Morgan fingerprint density at radius 2 is 2.05 bits per heavy atom. The van der Waals surface area contributed by atoms with Gasteiger partial charge in [0.05, 0.1) is 7.05 Å². The quantitative estimate of drug-likeness (QED) is 0.792. The van der Waals surface area contributed by atoms with Gasteiger partial charge in [0, 0.05) is 17.0 Å². The zero-order valence-corrected chi connectivity index (χ0v) is 12.0. The van der Waals surface area contributed by atoms with E-state index in [-0.39, 0.29) is 12.6 Å². The summed E-state index contributed by atoms with van der Waals surface area (Å²) in [6, 6.07) is 12.0. The lowest BCUT2D eigenvalue weighted by atomic mass is 10.0. The third-order valence-electron chi connectivity index (χ3n) is 3.30. The first kappa shape index (κ1) is 13.5. The van der Waals surface area contributed by atoms with Crippen LogP contribution in [0.15, 0.2) is 36.4 Å². The molecule has 6 nitrogen and oxygen atoms in total. The predicted octanol–water partition coefficient (Wildman–Crippen LogP) is 1.96. The third-order valence-corrected chi connectivity index (χ3v) is 3.30. The molecule has 0 radical (unpaired) electrons. The topological polar surface area (TPSA) is 78.9 Å². The van der Waals surface area contributed by atoms with E-state index in [0.29, 0.717) is 5.82 Å². The Bertz CT molecular complexity index is 766. The number of hydrogen-bond donors (Lipinski definition) is 1. The molecule has 0 saturated carbocycles. The van der Waals surface area contributed by atoms with E-state index in [2.05, 4.69) is 21.5 Å². The van der Waals surface area contributed by atoms with E-state index in [9.17, 15) is 0 Å². The first-order valence-electron chi connectivity index (χ1n) is 6.78. The minimum atomic E-state index is -0.112. The van der Waals surface area contributed by atoms with Crippen LogP contribution in [0.5, 0.6) is 5.75 Å². The Morgan fingerprint density at radius 3 is 2.76 bits per heavy atom. The first-order valence-corrected chi connectivity index (χ1v) is 6.78. The summed E-state index contributed by atoms with van der Waals surface area (Å²) in [6.07, 6.45) is 0. The van der Waals surface area contributed by atoms with Crippen LogP contribution in [0.1, 0.15) is 24.4 Å². The summed E-state index contributed by atoms with van der Waals surface area (Å²) < 4.78 is 5.95. The summed E-state index contributed by atoms with van der Waals surface area (Å²) in [6.45, 7) is 2.21. The standard InChI is InChI=1S/C15H17N5O/c1-10(16)12-8-7-11-5-3-4-6-13(11)15(12)21-9-14-17-19-20(2)18-14/h3-8,10H,9,16H2,1-2H3. The average molecular weight is 283 g/mol. The van der Waals surface area contributed by atoms with E-state index in [1.54, 1.807) is 7.05 Å². The van der Waals surface area contributed by atoms with Crippen molar-refractivity contribution in [3.05, 3.63) is 47.8 Å². The molecule has 3 aromatic rings. The molecule has 1 atom stereocenters. The Hall–Kier alpha value is -2.47. The molecular weight excluding hydrogens is 266 g/mol. The van der Waals surface area contributed by atoms with E-state index in [0.717, 1.165) is 22.1 Å². The maximum absolute atomic E-state index is 6.05. The second kappa shape index (κ2) is 5.49. The van der Waals surface area contributed by atoms with E-state index in [1.165, 1.54) is 4.80 Å². The maximum atomic E-state index is 6.05. The van der Waals surface area contributed by atoms with Crippen molar-refractivity contribution in [3.63, 3.8) is 0 Å². The highest BCUT2D eigenvalue weighted by molar-refractivity contribution is 5.89. The van der Waals surface area contributed by atoms with Gasteiger partial charge in [-0.05, 0) is 17.5 Å². The van der Waals surface area contributed by atoms with Crippen LogP contribution >= 0.6 is 0 Å². The zero-order chi connectivity index (χ0) is 14.8. The molecule has 0 spiro atoms. The molecule has 0 amide bonds. The summed E-state index contributed by atoms with van der Waals surface area (Å²) in [5.41, 5.74) is 7.02. The number of rotatable bonds is 4. The van der Waals surface area contributed by atoms with Crippen molar-refractivity contribution in [2.45, 2.75) is 19.6 Å². The molecule has 1 aromatic heterocycles. The van der Waals surface area contributed by atoms with Gasteiger partial charge in [-0.2, -0.15) is 4.80 Å². The summed E-state index contributed by atoms with van der Waals surface area (Å²) >= 11 is 0. The molecule has 1 heterocycles. The predicted molar refractivity (Wildman–Crippen MR) is 79.7 cm³/mol. The van der Waals surface area contributed by atoms with Gasteiger partial charge >= 0.3 is 0 Å². The normalized spacial score (nSPS) is 12.5. The van der Waals surface area contributed by atoms with Gasteiger partial charge in [-0.1, -0.05) is 36.4 Å². The van der Waals surface area contributed by atoms with Gasteiger partial charge < -0.3 is 10.5 Å². The fourth-order valence-corrected chi connectivity index (χ4v) is 2.30. The summed E-state index contributed by atoms with van der Waals surface area (Å²) in [5.74, 6) is 1.33. The molecule has 0 fully saturated rings. The van der Waals surface area contributed by atoms with E-state index >= 15 is 0 Å². The van der Waals surface area contributed by atoms with Gasteiger partial charge in [0.1, 0.15) is 5.75 Å². The van der Waals surface area contributed by atoms with Gasteiger partial charge in [0.25, 0.3) is 0 Å². The van der Waals surface area contributed by atoms with Crippen LogP contribution in [0.25, 0.3) is 10.8 Å². The van der Waals surface area contributed by atoms with E-state index in [4.69, 9.17) is 10.5 Å². The molecule has 2 aromatic carbocycles. The number of ether oxygens (including phenoxy) is 1. The Labute approximate surface area is 122 Å². The molecule has 0 aliphatic carbocycles. The molecule has 108 valence electrons. The Morgan fingerprint density at radius 1 is 1.24 bits per heavy atom. The molecule has 1 unspecified atom stereocenters. The van der Waals surface area contributed by atoms with Crippen molar-refractivity contribution >= 4 is 10.8 Å². The van der Waals surface area contributed by atoms with Crippen LogP contribution < -0.4 is 10.5 Å². The van der Waals surface area contributed by atoms with Crippen LogP contribution in [-0.2, 0) is 13.7 Å². The van der Waals surface area contributed by atoms with Crippen molar-refractivity contribution < 1.29 is 4.74 Å². The summed E-state index contributed by atoms with van der Waals surface area (Å²) in [5, 5.41) is 14.0. The molecule has 0 saturated heterocycles. The van der Waals surface area contributed by atoms with Gasteiger partial charge in [0.15, 0.2) is 6.61 Å². The molecule has 2 N–H and O–H groups in total. The minimum absolute atomic E-state index is 0.112. The van der Waals surface area contributed by atoms with Crippen molar-refractivity contribution in [2.75, 3.05) is 0 Å². The molecule has 0 aliphatic rings. The smallest absolute Gasteiger partial charge is 0.212 e. The minimum Gasteiger partial charge on any atom is -0.484 e. The van der Waals surface area contributed by atoms with Crippen LogP contribution in [0.4, 0.5) is 0 Å². The highest BCUT2D eigenvalue weighted by atomic mass is 16.5. The Balaban J connectivity index is 1.99. The van der Waals surface area contributed by atoms with Crippen molar-refractivity contribution in [3.8, 4) is 5.75 Å². The van der Waals surface area contributed by atoms with E-state index < -0.39 is 0 Å². The van der Waals surface area contributed by atoms with Crippen LogP contribution in [0.3, 0.4) is 0 Å². The fraction of sp³-hybridized carbons (Fsp3) is 0.267. The number of nitrogens with zero attached hydrogens (tertiary/aromatic N) is 4. The summed E-state index contributed by atoms with van der Waals surface area (Å²) in [7, 11) is 1.72. The monoisotopic (exact) mass is 283 g/mol. The van der Waals surface area contributed by atoms with Gasteiger partial charge in [-0.15, -0.1) is 10.2 Å². The molecule has 3 rings (SSSR count). The zero-order valence-electron chi connectivity index (χ0n) is 12.0. The second-order valence-electron chi connectivity index (χ2n) is 4.98. The number of nitrogens with two attached hydrogens (primary N) is 1. The van der Waals surface area contributed by atoms with Gasteiger partial charge in [0.2, 0.25) is 5.82 Å². The maximum Gasteiger partial charge on any atom is 0.212 e. The third kappa shape index (κ3) is 2.71. The number of fused-ring (bicyclic) bond motifs is 1. The summed E-state index contributed by atoms with van der Waals surface area (Å²) in [4.78, 5) is 1.41. The highest BCUT2D eigenvalue weighted by Gasteiger charge is 2.13. The van der Waals surface area contributed by atoms with Crippen LogP contribution in [0, 0.1) is 0 Å².